The van der Waals surface area contributed by atoms with Crippen molar-refractivity contribution < 1.29 is 19.4 Å². The largest absolute Gasteiger partial charge is 0.486 e. The summed E-state index contributed by atoms with van der Waals surface area (Å²) in [5.41, 5.74) is 1.63. The number of likely N-dealkylation sites (N-methyl/N-ethyl adjacent to an activating group) is 1. The highest BCUT2D eigenvalue weighted by molar-refractivity contribution is 5.81. The predicted octanol–water partition coefficient (Wildman–Crippen LogP) is 2.94. The number of carbonyl (C=O) groups is 2. The normalized spacial score (nSPS) is 10.8. The number of benzene rings is 2. The summed E-state index contributed by atoms with van der Waals surface area (Å²) >= 11 is 0. The molecule has 28 heavy (non-hydrogen) atoms. The number of amides is 1. The van der Waals surface area contributed by atoms with Crippen LogP contribution in [0.4, 0.5) is 0 Å². The molecule has 1 N–H and O–H groups in total. The Kier molecular flexibility index (Phi) is 6.26. The van der Waals surface area contributed by atoms with Crippen molar-refractivity contribution >= 4 is 22.9 Å². The van der Waals surface area contributed by atoms with Gasteiger partial charge >= 0.3 is 5.97 Å². The zero-order valence-corrected chi connectivity index (χ0v) is 15.7. The number of nitrogens with zero attached hydrogens (tertiary/aromatic N) is 3. The van der Waals surface area contributed by atoms with E-state index in [1.54, 1.807) is 4.90 Å². The number of para-hydroxylation sites is 3. The van der Waals surface area contributed by atoms with Gasteiger partial charge in [0.1, 0.15) is 24.7 Å². The number of carboxylic acid groups (broad SMARTS) is 1. The summed E-state index contributed by atoms with van der Waals surface area (Å²) in [6.07, 6.45) is -0.0752. The summed E-state index contributed by atoms with van der Waals surface area (Å²) < 4.78 is 7.66. The van der Waals surface area contributed by atoms with E-state index in [1.807, 2.05) is 66.1 Å². The van der Waals surface area contributed by atoms with E-state index in [0.717, 1.165) is 16.8 Å². The lowest BCUT2D eigenvalue weighted by Crippen LogP contribution is -2.35. The number of carbonyl (C=O) groups excluding carboxylic acids is 1. The van der Waals surface area contributed by atoms with Gasteiger partial charge in [0.15, 0.2) is 0 Å². The van der Waals surface area contributed by atoms with Gasteiger partial charge in [-0.3, -0.25) is 9.59 Å². The summed E-state index contributed by atoms with van der Waals surface area (Å²) in [4.78, 5) is 29.8. The first-order chi connectivity index (χ1) is 13.6. The summed E-state index contributed by atoms with van der Waals surface area (Å²) in [5.74, 6) is 0.306. The molecule has 7 heteroatoms. The van der Waals surface area contributed by atoms with Crippen LogP contribution in [0.25, 0.3) is 11.0 Å². The monoisotopic (exact) mass is 381 g/mol. The van der Waals surface area contributed by atoms with Gasteiger partial charge in [-0.1, -0.05) is 30.3 Å². The number of fused-ring (bicyclic) bond motifs is 1. The molecular formula is C21H23N3O4. The Morgan fingerprint density at radius 1 is 1.11 bits per heavy atom. The zero-order chi connectivity index (χ0) is 19.9. The van der Waals surface area contributed by atoms with Crippen molar-refractivity contribution in [2.75, 3.05) is 13.1 Å². The van der Waals surface area contributed by atoms with Crippen molar-refractivity contribution in [1.29, 1.82) is 0 Å². The molecule has 0 radical (unpaired) electrons. The highest BCUT2D eigenvalue weighted by atomic mass is 16.5. The van der Waals surface area contributed by atoms with Crippen LogP contribution >= 0.6 is 0 Å². The van der Waals surface area contributed by atoms with Crippen LogP contribution in [0.3, 0.4) is 0 Å². The first kappa shape index (κ1) is 19.4. The van der Waals surface area contributed by atoms with E-state index >= 15 is 0 Å². The second-order valence-electron chi connectivity index (χ2n) is 6.32. The molecule has 0 fully saturated rings. The molecule has 3 aromatic rings. The lowest BCUT2D eigenvalue weighted by Gasteiger charge is -2.21. The van der Waals surface area contributed by atoms with Crippen molar-refractivity contribution in [3.8, 4) is 5.75 Å². The minimum absolute atomic E-state index is 0.0752. The Morgan fingerprint density at radius 3 is 2.54 bits per heavy atom. The van der Waals surface area contributed by atoms with E-state index in [-0.39, 0.29) is 32.0 Å². The molecule has 1 aromatic heterocycles. The average Bonchev–Trinajstić information content (AvgIpc) is 3.05. The number of carboxylic acids is 1. The third kappa shape index (κ3) is 4.68. The Bertz CT molecular complexity index is 953. The molecule has 0 unspecified atom stereocenters. The molecular weight excluding hydrogens is 358 g/mol. The molecule has 0 saturated carbocycles. The van der Waals surface area contributed by atoms with Crippen LogP contribution in [0.1, 0.15) is 19.2 Å². The molecule has 1 heterocycles. The molecule has 7 nitrogen and oxygen atoms in total. The molecule has 0 saturated heterocycles. The van der Waals surface area contributed by atoms with Gasteiger partial charge in [-0.25, -0.2) is 4.98 Å². The van der Waals surface area contributed by atoms with Gasteiger partial charge < -0.3 is 19.3 Å². The summed E-state index contributed by atoms with van der Waals surface area (Å²) in [7, 11) is 0. The number of imidazole rings is 1. The third-order valence-corrected chi connectivity index (χ3v) is 4.47. The molecule has 2 aromatic carbocycles. The first-order valence-corrected chi connectivity index (χ1v) is 9.20. The van der Waals surface area contributed by atoms with Gasteiger partial charge in [0.2, 0.25) is 5.91 Å². The highest BCUT2D eigenvalue weighted by Crippen LogP contribution is 2.18. The Labute approximate surface area is 163 Å². The second kappa shape index (κ2) is 9.03. The van der Waals surface area contributed by atoms with Crippen LogP contribution in [0.5, 0.6) is 5.75 Å². The number of aromatic nitrogens is 2. The van der Waals surface area contributed by atoms with E-state index < -0.39 is 5.97 Å². The quantitative estimate of drug-likeness (QED) is 0.616. The van der Waals surface area contributed by atoms with Gasteiger partial charge in [0, 0.05) is 13.1 Å². The molecule has 0 spiro atoms. The van der Waals surface area contributed by atoms with Crippen molar-refractivity contribution in [1.82, 2.24) is 14.5 Å². The SMILES string of the molecule is CCN(CCC(=O)O)C(=O)Cn1c(COc2ccccc2)nc2ccccc21. The predicted molar refractivity (Wildman–Crippen MR) is 105 cm³/mol. The Morgan fingerprint density at radius 2 is 1.82 bits per heavy atom. The van der Waals surface area contributed by atoms with Crippen LogP contribution in [-0.4, -0.2) is 44.5 Å². The van der Waals surface area contributed by atoms with Crippen molar-refractivity contribution in [2.45, 2.75) is 26.5 Å². The highest BCUT2D eigenvalue weighted by Gasteiger charge is 2.18. The fourth-order valence-electron chi connectivity index (χ4n) is 3.00. The van der Waals surface area contributed by atoms with E-state index in [0.29, 0.717) is 12.4 Å². The standard InChI is InChI=1S/C21H23N3O4/c1-2-23(13-12-21(26)27)20(25)14-24-18-11-7-6-10-17(18)22-19(24)15-28-16-8-4-3-5-9-16/h3-11H,2,12-15H2,1H3,(H,26,27). The number of aliphatic carboxylic acids is 1. The van der Waals surface area contributed by atoms with Gasteiger partial charge in [0.05, 0.1) is 17.5 Å². The maximum atomic E-state index is 12.8. The third-order valence-electron chi connectivity index (χ3n) is 4.47. The number of ether oxygens (including phenoxy) is 1. The van der Waals surface area contributed by atoms with Gasteiger partial charge in [0.25, 0.3) is 0 Å². The fourth-order valence-corrected chi connectivity index (χ4v) is 3.00. The maximum Gasteiger partial charge on any atom is 0.305 e. The minimum atomic E-state index is -0.920. The Balaban J connectivity index is 1.81. The van der Waals surface area contributed by atoms with Gasteiger partial charge in [-0.2, -0.15) is 0 Å². The van der Waals surface area contributed by atoms with Crippen molar-refractivity contribution in [3.05, 3.63) is 60.4 Å². The van der Waals surface area contributed by atoms with Crippen LogP contribution in [0.2, 0.25) is 0 Å². The lowest BCUT2D eigenvalue weighted by molar-refractivity contribution is -0.138. The first-order valence-electron chi connectivity index (χ1n) is 9.20. The van der Waals surface area contributed by atoms with Crippen molar-refractivity contribution in [2.24, 2.45) is 0 Å². The van der Waals surface area contributed by atoms with E-state index in [2.05, 4.69) is 4.98 Å². The molecule has 0 aliphatic carbocycles. The van der Waals surface area contributed by atoms with E-state index in [9.17, 15) is 9.59 Å². The molecule has 0 aliphatic heterocycles. The molecule has 0 bridgehead atoms. The number of rotatable bonds is 9. The second-order valence-corrected chi connectivity index (χ2v) is 6.32. The number of hydrogen-bond acceptors (Lipinski definition) is 4. The van der Waals surface area contributed by atoms with Crippen LogP contribution < -0.4 is 4.74 Å². The molecule has 0 atom stereocenters. The maximum absolute atomic E-state index is 12.8. The van der Waals surface area contributed by atoms with Gasteiger partial charge in [-0.05, 0) is 31.2 Å². The van der Waals surface area contributed by atoms with E-state index in [4.69, 9.17) is 9.84 Å². The fraction of sp³-hybridized carbons (Fsp3) is 0.286. The smallest absolute Gasteiger partial charge is 0.305 e. The van der Waals surface area contributed by atoms with Crippen molar-refractivity contribution in [3.63, 3.8) is 0 Å². The Hall–Kier alpha value is -3.35. The lowest BCUT2D eigenvalue weighted by atomic mass is 10.3. The van der Waals surface area contributed by atoms with Gasteiger partial charge in [-0.15, -0.1) is 0 Å². The molecule has 3 rings (SSSR count). The van der Waals surface area contributed by atoms with Crippen LogP contribution in [0.15, 0.2) is 54.6 Å². The van der Waals surface area contributed by atoms with E-state index in [1.165, 1.54) is 0 Å². The molecule has 0 aliphatic rings. The minimum Gasteiger partial charge on any atom is -0.486 e. The topological polar surface area (TPSA) is 84.7 Å². The average molecular weight is 381 g/mol. The van der Waals surface area contributed by atoms with Crippen LogP contribution in [0, 0.1) is 0 Å². The van der Waals surface area contributed by atoms with Crippen LogP contribution in [-0.2, 0) is 22.7 Å². The zero-order valence-electron chi connectivity index (χ0n) is 15.7. The summed E-state index contributed by atoms with van der Waals surface area (Å²) in [5, 5.41) is 8.89. The number of hydrogen-bond donors (Lipinski definition) is 1. The summed E-state index contributed by atoms with van der Waals surface area (Å²) in [6, 6.07) is 17.0. The molecule has 146 valence electrons. The molecule has 1 amide bonds. The summed E-state index contributed by atoms with van der Waals surface area (Å²) in [6.45, 7) is 2.79.